The van der Waals surface area contributed by atoms with Crippen molar-refractivity contribution in [1.82, 2.24) is 0 Å². The molecule has 0 saturated heterocycles. The van der Waals surface area contributed by atoms with E-state index < -0.39 is 43.2 Å². The molecule has 0 aromatic carbocycles. The molecular formula is H5Ni5O15S5. The van der Waals surface area contributed by atoms with Crippen molar-refractivity contribution in [2.45, 2.75) is 0 Å². The molecule has 0 aliphatic heterocycles. The summed E-state index contributed by atoms with van der Waals surface area (Å²) in [6, 6.07) is 0. The van der Waals surface area contributed by atoms with Crippen LogP contribution in [-0.2, 0) is 115 Å². The SMILES string of the molecule is O=[S](=O)(O)[Ni].O=[S](=O)(O)[Ni].O=[S](=O)(O)[Ni].O=[S](=O)(O)[Ni].O=[S](=O)(O)[Ni]. The molecule has 15 nitrogen and oxygen atoms in total. The minimum atomic E-state index is -4.04. The topological polar surface area (TPSA) is 272 Å². The molecule has 0 atom stereocenters. The van der Waals surface area contributed by atoms with Gasteiger partial charge >= 0.3 is 180 Å². The Morgan fingerprint density at radius 2 is 0.320 bits per heavy atom. The van der Waals surface area contributed by atoms with Crippen molar-refractivity contribution >= 4 is 43.2 Å². The molecule has 25 heteroatoms. The summed E-state index contributed by atoms with van der Waals surface area (Å²) < 4.78 is 127. The molecule has 0 aromatic rings. The molecule has 0 amide bonds. The van der Waals surface area contributed by atoms with Gasteiger partial charge in [0, 0.05) is 0 Å². The van der Waals surface area contributed by atoms with Crippen molar-refractivity contribution in [1.29, 1.82) is 0 Å². The van der Waals surface area contributed by atoms with Crippen molar-refractivity contribution in [2.24, 2.45) is 0 Å². The maximum atomic E-state index is 9.02. The molecule has 175 valence electrons. The first kappa shape index (κ1) is 37.7. The fourth-order valence-corrected chi connectivity index (χ4v) is 0. The van der Waals surface area contributed by atoms with Gasteiger partial charge in [0.15, 0.2) is 0 Å². The second-order valence-corrected chi connectivity index (χ2v) is 13.3. The van der Waals surface area contributed by atoms with Gasteiger partial charge in [0.1, 0.15) is 0 Å². The van der Waals surface area contributed by atoms with Crippen LogP contribution in [0.4, 0.5) is 0 Å². The van der Waals surface area contributed by atoms with E-state index in [0.717, 1.165) is 0 Å². The predicted molar refractivity (Wildman–Crippen MR) is 57.7 cm³/mol. The normalized spacial score (nSPS) is 11.8. The Bertz CT molecular complexity index is 624. The van der Waals surface area contributed by atoms with Crippen LogP contribution in [0.5, 0.6) is 0 Å². The first-order valence-corrected chi connectivity index (χ1v) is 15.7. The summed E-state index contributed by atoms with van der Waals surface area (Å²) in [4.78, 5) is 0. The van der Waals surface area contributed by atoms with Gasteiger partial charge in [-0.2, -0.15) is 0 Å². The van der Waals surface area contributed by atoms with Gasteiger partial charge in [-0.1, -0.05) is 0 Å². The first-order chi connectivity index (χ1) is 10.0. The van der Waals surface area contributed by atoms with Gasteiger partial charge in [0.25, 0.3) is 0 Å². The van der Waals surface area contributed by atoms with Gasteiger partial charge in [0.05, 0.1) is 0 Å². The van der Waals surface area contributed by atoms with Gasteiger partial charge in [-0.3, -0.25) is 0 Å². The van der Waals surface area contributed by atoms with E-state index >= 15 is 0 Å². The number of hydrogen-bond acceptors (Lipinski definition) is 10. The Morgan fingerprint density at radius 1 is 0.320 bits per heavy atom. The van der Waals surface area contributed by atoms with E-state index in [1.807, 2.05) is 0 Å². The van der Waals surface area contributed by atoms with E-state index in [4.69, 9.17) is 64.9 Å². The molecule has 0 unspecified atom stereocenters. The van der Waals surface area contributed by atoms with Crippen LogP contribution in [0, 0.1) is 0 Å². The summed E-state index contributed by atoms with van der Waals surface area (Å²) in [5.41, 5.74) is 0. The van der Waals surface area contributed by atoms with Gasteiger partial charge < -0.3 is 0 Å². The van der Waals surface area contributed by atoms with Gasteiger partial charge in [-0.25, -0.2) is 0 Å². The third kappa shape index (κ3) is 3690. The monoisotopic (exact) mass is 694 g/mol. The number of rotatable bonds is 0. The number of hydrogen-bond donors (Lipinski definition) is 5. The van der Waals surface area contributed by atoms with Crippen LogP contribution < -0.4 is 0 Å². The molecule has 0 saturated carbocycles. The van der Waals surface area contributed by atoms with Crippen molar-refractivity contribution in [2.75, 3.05) is 0 Å². The molecule has 0 heterocycles. The Morgan fingerprint density at radius 3 is 0.320 bits per heavy atom. The van der Waals surface area contributed by atoms with E-state index in [-0.39, 0.29) is 0 Å². The van der Waals surface area contributed by atoms with Crippen LogP contribution in [-0.4, -0.2) is 64.9 Å². The summed E-state index contributed by atoms with van der Waals surface area (Å²) in [6.07, 6.45) is 0. The second kappa shape index (κ2) is 15.9. The molecule has 0 bridgehead atoms. The Hall–Kier alpha value is 2.02. The van der Waals surface area contributed by atoms with Crippen molar-refractivity contribution in [3.05, 3.63) is 0 Å². The van der Waals surface area contributed by atoms with Crippen molar-refractivity contribution < 1.29 is 137 Å². The average Bonchev–Trinajstić information content (AvgIpc) is 1.79. The van der Waals surface area contributed by atoms with Gasteiger partial charge in [-0.05, 0) is 0 Å². The van der Waals surface area contributed by atoms with Gasteiger partial charge in [0.2, 0.25) is 0 Å². The summed E-state index contributed by atoms with van der Waals surface area (Å²) in [6.45, 7) is 0. The quantitative estimate of drug-likeness (QED) is 0.122. The summed E-state index contributed by atoms with van der Waals surface area (Å²) in [5, 5.41) is 0. The molecule has 0 spiro atoms. The van der Waals surface area contributed by atoms with Gasteiger partial charge in [-0.15, -0.1) is 0 Å². The average molecular weight is 699 g/mol. The Kier molecular flexibility index (Phi) is 24.0. The van der Waals surface area contributed by atoms with E-state index in [2.05, 4.69) is 71.8 Å². The predicted octanol–water partition coefficient (Wildman–Crippen LogP) is -3.32. The van der Waals surface area contributed by atoms with Crippen LogP contribution in [0.3, 0.4) is 0 Å². The Balaban J connectivity index is -0.0000000667. The molecule has 0 rings (SSSR count). The molecule has 0 radical (unpaired) electrons. The molecule has 0 aromatic heterocycles. The molecule has 25 heavy (non-hydrogen) atoms. The minimum absolute atomic E-state index is 3.09. The van der Waals surface area contributed by atoms with Crippen molar-refractivity contribution in [3.8, 4) is 0 Å². The van der Waals surface area contributed by atoms with Crippen LogP contribution in [0.1, 0.15) is 0 Å². The van der Waals surface area contributed by atoms with E-state index in [9.17, 15) is 0 Å². The standard InChI is InChI=1S/5Ni.5HO3S/c;;;;;5*1-4(2)3/h;;;;;5*(H,1,2,3). The molecule has 5 N–H and O–H groups in total. The van der Waals surface area contributed by atoms with Crippen LogP contribution >= 0.6 is 0 Å². The zero-order valence-corrected chi connectivity index (χ0v) is 19.0. The van der Waals surface area contributed by atoms with Crippen LogP contribution in [0.15, 0.2) is 0 Å². The summed E-state index contributed by atoms with van der Waals surface area (Å²) >= 11 is 15.5. The van der Waals surface area contributed by atoms with Crippen LogP contribution in [0.25, 0.3) is 0 Å². The Labute approximate surface area is 178 Å². The molecule has 0 aliphatic rings. The van der Waals surface area contributed by atoms with E-state index in [1.54, 1.807) is 0 Å². The second-order valence-electron chi connectivity index (χ2n) is 1.90. The third-order valence-electron chi connectivity index (χ3n) is 0. The van der Waals surface area contributed by atoms with Crippen molar-refractivity contribution in [3.63, 3.8) is 0 Å². The fourth-order valence-electron chi connectivity index (χ4n) is 0. The summed E-state index contributed by atoms with van der Waals surface area (Å²) in [5.74, 6) is 0. The molecule has 0 aliphatic carbocycles. The van der Waals surface area contributed by atoms with E-state index in [0.29, 0.717) is 0 Å². The zero-order chi connectivity index (χ0) is 22.5. The van der Waals surface area contributed by atoms with Crippen LogP contribution in [0.2, 0.25) is 0 Å². The summed E-state index contributed by atoms with van der Waals surface area (Å²) in [7, 11) is -20.2. The molecular weight excluding hydrogens is 694 g/mol. The zero-order valence-electron chi connectivity index (χ0n) is 9.94. The third-order valence-corrected chi connectivity index (χ3v) is 0. The molecule has 0 fully saturated rings. The van der Waals surface area contributed by atoms with E-state index in [1.165, 1.54) is 0 Å². The first-order valence-electron chi connectivity index (χ1n) is 3.23. The fraction of sp³-hybridized carbons (Fsp3) is 0. The maximum absolute atomic E-state index is 9.02.